The molecule has 2 aromatic heterocycles. The van der Waals surface area contributed by atoms with Crippen molar-refractivity contribution in [2.24, 2.45) is 0 Å². The Balaban J connectivity index is 1.63. The number of pyridine rings is 1. The minimum Gasteiger partial charge on any atom is -0.381 e. The Morgan fingerprint density at radius 3 is 2.65 bits per heavy atom. The molecule has 0 bridgehead atoms. The third kappa shape index (κ3) is 3.83. The van der Waals surface area contributed by atoms with Gasteiger partial charge < -0.3 is 4.74 Å². The fraction of sp³-hybridized carbons (Fsp3) is 0.381. The van der Waals surface area contributed by atoms with Crippen LogP contribution in [-0.2, 0) is 17.6 Å². The van der Waals surface area contributed by atoms with Crippen molar-refractivity contribution in [1.82, 2.24) is 19.7 Å². The van der Waals surface area contributed by atoms with Crippen molar-refractivity contribution in [3.63, 3.8) is 0 Å². The maximum Gasteiger partial charge on any atom is 0.151 e. The zero-order valence-corrected chi connectivity index (χ0v) is 15.1. The van der Waals surface area contributed by atoms with E-state index in [0.29, 0.717) is 5.92 Å². The summed E-state index contributed by atoms with van der Waals surface area (Å²) < 4.78 is 7.55. The molecule has 0 radical (unpaired) electrons. The molecule has 4 rings (SSSR count). The Morgan fingerprint density at radius 1 is 1.08 bits per heavy atom. The van der Waals surface area contributed by atoms with E-state index >= 15 is 0 Å². The molecule has 5 heteroatoms. The molecule has 3 aromatic rings. The first-order valence-electron chi connectivity index (χ1n) is 9.30. The molecule has 1 aliphatic heterocycles. The van der Waals surface area contributed by atoms with E-state index in [1.54, 1.807) is 0 Å². The van der Waals surface area contributed by atoms with Crippen molar-refractivity contribution in [3.8, 4) is 5.69 Å². The summed E-state index contributed by atoms with van der Waals surface area (Å²) in [4.78, 5) is 9.24. The Bertz CT molecular complexity index is 853. The summed E-state index contributed by atoms with van der Waals surface area (Å²) >= 11 is 0. The van der Waals surface area contributed by atoms with Crippen LogP contribution in [0.2, 0.25) is 0 Å². The summed E-state index contributed by atoms with van der Waals surface area (Å²) in [6.07, 6.45) is 5.64. The van der Waals surface area contributed by atoms with Crippen molar-refractivity contribution in [3.05, 3.63) is 71.6 Å². The summed E-state index contributed by atoms with van der Waals surface area (Å²) in [6.45, 7) is 3.60. The molecule has 0 saturated carbocycles. The Labute approximate surface area is 154 Å². The van der Waals surface area contributed by atoms with E-state index in [-0.39, 0.29) is 0 Å². The van der Waals surface area contributed by atoms with Gasteiger partial charge in [0, 0.05) is 37.4 Å². The average molecular weight is 348 g/mol. The highest BCUT2D eigenvalue weighted by atomic mass is 16.5. The Morgan fingerprint density at radius 2 is 1.88 bits per heavy atom. The highest BCUT2D eigenvalue weighted by Crippen LogP contribution is 2.27. The molecule has 0 spiro atoms. The van der Waals surface area contributed by atoms with Gasteiger partial charge >= 0.3 is 0 Å². The van der Waals surface area contributed by atoms with Gasteiger partial charge in [-0.2, -0.15) is 5.10 Å². The number of hydrogen-bond donors (Lipinski definition) is 0. The molecule has 0 N–H and O–H groups in total. The topological polar surface area (TPSA) is 52.8 Å². The molecule has 1 aromatic carbocycles. The number of aromatic nitrogens is 4. The molecule has 0 unspecified atom stereocenters. The zero-order chi connectivity index (χ0) is 17.8. The van der Waals surface area contributed by atoms with Crippen LogP contribution in [0.3, 0.4) is 0 Å². The highest BCUT2D eigenvalue weighted by Gasteiger charge is 2.23. The predicted molar refractivity (Wildman–Crippen MR) is 101 cm³/mol. The van der Waals surface area contributed by atoms with Crippen molar-refractivity contribution >= 4 is 0 Å². The van der Waals surface area contributed by atoms with Gasteiger partial charge in [-0.05, 0) is 43.9 Å². The highest BCUT2D eigenvalue weighted by molar-refractivity contribution is 5.32. The number of ether oxygens (including phenoxy) is 1. The normalized spacial score (nSPS) is 15.3. The van der Waals surface area contributed by atoms with Crippen LogP contribution in [0.25, 0.3) is 5.69 Å². The van der Waals surface area contributed by atoms with E-state index in [9.17, 15) is 0 Å². The standard InChI is InChI=1S/C21H24N4O/c1-16-15-19(9-12-22-16)25-21(18-10-13-26-14-11-18)23-20(24-25)8-7-17-5-3-2-4-6-17/h2-6,9,12,15,18H,7-8,10-11,13-14H2,1H3. The summed E-state index contributed by atoms with van der Waals surface area (Å²) in [7, 11) is 0. The Kier molecular flexibility index (Phi) is 5.07. The maximum atomic E-state index is 5.53. The molecule has 134 valence electrons. The van der Waals surface area contributed by atoms with Crippen LogP contribution in [0.5, 0.6) is 0 Å². The van der Waals surface area contributed by atoms with Gasteiger partial charge in [0.1, 0.15) is 5.82 Å². The second-order valence-electron chi connectivity index (χ2n) is 6.83. The summed E-state index contributed by atoms with van der Waals surface area (Å²) in [5.41, 5.74) is 3.34. The third-order valence-corrected chi connectivity index (χ3v) is 4.87. The van der Waals surface area contributed by atoms with Crippen LogP contribution in [-0.4, -0.2) is 33.0 Å². The second kappa shape index (κ2) is 7.79. The van der Waals surface area contributed by atoms with Gasteiger partial charge in [-0.15, -0.1) is 0 Å². The van der Waals surface area contributed by atoms with Crippen LogP contribution >= 0.6 is 0 Å². The molecule has 5 nitrogen and oxygen atoms in total. The lowest BCUT2D eigenvalue weighted by molar-refractivity contribution is 0.0831. The van der Waals surface area contributed by atoms with Crippen molar-refractivity contribution in [2.45, 2.75) is 38.5 Å². The van der Waals surface area contributed by atoms with E-state index in [0.717, 1.165) is 61.9 Å². The molecule has 1 aliphatic rings. The first-order valence-corrected chi connectivity index (χ1v) is 9.30. The molecule has 1 fully saturated rings. The number of benzene rings is 1. The molecule has 3 heterocycles. The monoisotopic (exact) mass is 348 g/mol. The van der Waals surface area contributed by atoms with Crippen molar-refractivity contribution in [1.29, 1.82) is 0 Å². The lowest BCUT2D eigenvalue weighted by Gasteiger charge is -2.21. The van der Waals surface area contributed by atoms with Crippen LogP contribution < -0.4 is 0 Å². The Hall–Kier alpha value is -2.53. The summed E-state index contributed by atoms with van der Waals surface area (Å²) in [6, 6.07) is 14.6. The van der Waals surface area contributed by atoms with E-state index in [1.165, 1.54) is 5.56 Å². The largest absolute Gasteiger partial charge is 0.381 e. The van der Waals surface area contributed by atoms with Gasteiger partial charge in [0.25, 0.3) is 0 Å². The van der Waals surface area contributed by atoms with E-state index in [4.69, 9.17) is 14.8 Å². The SMILES string of the molecule is Cc1cc(-n2nc(CCc3ccccc3)nc2C2CCOCC2)ccn1. The average Bonchev–Trinajstić information content (AvgIpc) is 3.12. The number of aryl methyl sites for hydroxylation is 3. The predicted octanol–water partition coefficient (Wildman–Crippen LogP) is 3.65. The van der Waals surface area contributed by atoms with Crippen molar-refractivity contribution < 1.29 is 4.74 Å². The molecular weight excluding hydrogens is 324 g/mol. The van der Waals surface area contributed by atoms with Crippen molar-refractivity contribution in [2.75, 3.05) is 13.2 Å². The maximum absolute atomic E-state index is 5.53. The molecule has 0 aliphatic carbocycles. The number of nitrogens with zero attached hydrogens (tertiary/aromatic N) is 4. The fourth-order valence-corrected chi connectivity index (χ4v) is 3.45. The summed E-state index contributed by atoms with van der Waals surface area (Å²) in [5, 5.41) is 4.85. The van der Waals surface area contributed by atoms with Gasteiger partial charge in [-0.1, -0.05) is 30.3 Å². The van der Waals surface area contributed by atoms with E-state index < -0.39 is 0 Å². The van der Waals surface area contributed by atoms with Crippen LogP contribution in [0, 0.1) is 6.92 Å². The van der Waals surface area contributed by atoms with Gasteiger partial charge in [0.15, 0.2) is 5.82 Å². The first kappa shape index (κ1) is 16.9. The molecule has 0 atom stereocenters. The first-order chi connectivity index (χ1) is 12.8. The van der Waals surface area contributed by atoms with Crippen LogP contribution in [0.4, 0.5) is 0 Å². The van der Waals surface area contributed by atoms with Gasteiger partial charge in [-0.25, -0.2) is 9.67 Å². The fourth-order valence-electron chi connectivity index (χ4n) is 3.45. The van der Waals surface area contributed by atoms with E-state index in [1.807, 2.05) is 29.9 Å². The second-order valence-corrected chi connectivity index (χ2v) is 6.83. The lowest BCUT2D eigenvalue weighted by Crippen LogP contribution is -2.18. The van der Waals surface area contributed by atoms with Gasteiger partial charge in [0.2, 0.25) is 0 Å². The number of rotatable bonds is 5. The molecular formula is C21H24N4O. The van der Waals surface area contributed by atoms with Gasteiger partial charge in [0.05, 0.1) is 5.69 Å². The molecule has 26 heavy (non-hydrogen) atoms. The minimum atomic E-state index is 0.398. The van der Waals surface area contributed by atoms with Crippen LogP contribution in [0.15, 0.2) is 48.7 Å². The van der Waals surface area contributed by atoms with Crippen LogP contribution in [0.1, 0.15) is 41.7 Å². The number of hydrogen-bond acceptors (Lipinski definition) is 4. The lowest BCUT2D eigenvalue weighted by atomic mass is 9.99. The smallest absolute Gasteiger partial charge is 0.151 e. The quantitative estimate of drug-likeness (QED) is 0.706. The summed E-state index contributed by atoms with van der Waals surface area (Å²) in [5.74, 6) is 2.36. The minimum absolute atomic E-state index is 0.398. The van der Waals surface area contributed by atoms with E-state index in [2.05, 4.69) is 35.3 Å². The van der Waals surface area contributed by atoms with Gasteiger partial charge in [-0.3, -0.25) is 4.98 Å². The molecule has 1 saturated heterocycles. The zero-order valence-electron chi connectivity index (χ0n) is 15.1. The third-order valence-electron chi connectivity index (χ3n) is 4.87. The molecule has 0 amide bonds.